The molecule has 5 nitrogen and oxygen atoms in total. The summed E-state index contributed by atoms with van der Waals surface area (Å²) in [5, 5.41) is 8.40. The number of hydrogen-bond donors (Lipinski definition) is 4. The number of carboxylic acid groups (broad SMARTS) is 1. The Bertz CT molecular complexity index is 351. The molecule has 0 unspecified atom stereocenters. The van der Waals surface area contributed by atoms with E-state index in [1.54, 1.807) is 24.3 Å². The summed E-state index contributed by atoms with van der Waals surface area (Å²) in [5.74, 6) is -1.14. The minimum Gasteiger partial charge on any atom is -0.480 e. The fourth-order valence-electron chi connectivity index (χ4n) is 0.974. The predicted molar refractivity (Wildman–Crippen MR) is 69.3 cm³/mol. The van der Waals surface area contributed by atoms with Crippen molar-refractivity contribution in [2.45, 2.75) is 25.7 Å². The van der Waals surface area contributed by atoms with Crippen LogP contribution in [0.2, 0.25) is 0 Å². The van der Waals surface area contributed by atoms with Crippen LogP contribution in [0.25, 0.3) is 0 Å². The van der Waals surface area contributed by atoms with Crippen LogP contribution in [-0.4, -0.2) is 26.7 Å². The molecule has 6 heteroatoms. The first kappa shape index (κ1) is 15.9. The summed E-state index contributed by atoms with van der Waals surface area (Å²) in [6.45, 7) is 5.39. The Labute approximate surface area is 103 Å². The number of carboxylic acids is 1. The van der Waals surface area contributed by atoms with E-state index >= 15 is 0 Å². The zero-order valence-electron chi connectivity index (χ0n) is 10.2. The number of benzene rings is 1. The van der Waals surface area contributed by atoms with Crippen molar-refractivity contribution in [3.05, 3.63) is 29.8 Å². The molecular formula is C11H19NO4S. The third-order valence-electron chi connectivity index (χ3n) is 1.77. The summed E-state index contributed by atoms with van der Waals surface area (Å²) in [6.07, 6.45) is 0. The van der Waals surface area contributed by atoms with E-state index in [4.69, 9.17) is 5.11 Å². The van der Waals surface area contributed by atoms with Crippen molar-refractivity contribution < 1.29 is 19.0 Å². The van der Waals surface area contributed by atoms with Crippen LogP contribution >= 0.6 is 10.8 Å². The van der Waals surface area contributed by atoms with Gasteiger partial charge in [-0.1, -0.05) is 31.5 Å². The predicted octanol–water partition coefficient (Wildman–Crippen LogP) is 2.72. The summed E-state index contributed by atoms with van der Waals surface area (Å²) in [7, 11) is -3.20. The van der Waals surface area contributed by atoms with Crippen molar-refractivity contribution in [2.75, 3.05) is 6.54 Å². The van der Waals surface area contributed by atoms with Crippen LogP contribution in [0.4, 0.5) is 0 Å². The Kier molecular flexibility index (Phi) is 6.82. The normalized spacial score (nSPS) is 11.4. The fourth-order valence-corrected chi connectivity index (χ4v) is 1.98. The van der Waals surface area contributed by atoms with Gasteiger partial charge < -0.3 is 5.11 Å². The maximum absolute atomic E-state index is 10.3. The monoisotopic (exact) mass is 261 g/mol. The summed E-state index contributed by atoms with van der Waals surface area (Å²) in [6, 6.07) is 6.57. The van der Waals surface area contributed by atoms with Crippen molar-refractivity contribution in [1.29, 1.82) is 0 Å². The molecule has 98 valence electrons. The van der Waals surface area contributed by atoms with E-state index < -0.39 is 23.3 Å². The second kappa shape index (κ2) is 7.29. The molecule has 0 radical (unpaired) electrons. The van der Waals surface area contributed by atoms with Crippen molar-refractivity contribution in [3.63, 3.8) is 0 Å². The topological polar surface area (TPSA) is 89.8 Å². The van der Waals surface area contributed by atoms with E-state index in [0.29, 0.717) is 0 Å². The molecule has 0 fully saturated rings. The third kappa shape index (κ3) is 5.69. The second-order valence-corrected chi connectivity index (χ2v) is 4.93. The average molecular weight is 261 g/mol. The smallest absolute Gasteiger partial charge is 0.319 e. The van der Waals surface area contributed by atoms with E-state index in [1.807, 2.05) is 20.8 Å². The molecule has 0 aliphatic carbocycles. The highest BCUT2D eigenvalue weighted by Crippen LogP contribution is 2.43. The maximum atomic E-state index is 10.3. The second-order valence-electron chi connectivity index (χ2n) is 3.08. The number of aliphatic carboxylic acids is 1. The third-order valence-corrected chi connectivity index (χ3v) is 3.25. The summed E-state index contributed by atoms with van der Waals surface area (Å²) >= 11 is 0. The van der Waals surface area contributed by atoms with Gasteiger partial charge in [0.1, 0.15) is 6.54 Å². The van der Waals surface area contributed by atoms with Crippen molar-refractivity contribution in [1.82, 2.24) is 4.72 Å². The fraction of sp³-hybridized carbons (Fsp3) is 0.364. The number of carbonyl (C=O) groups is 1. The van der Waals surface area contributed by atoms with E-state index in [1.165, 1.54) is 0 Å². The van der Waals surface area contributed by atoms with Gasteiger partial charge in [-0.25, -0.2) is 4.72 Å². The molecule has 0 bridgehead atoms. The zero-order valence-corrected chi connectivity index (χ0v) is 11.0. The lowest BCUT2D eigenvalue weighted by Gasteiger charge is -2.32. The average Bonchev–Trinajstić information content (AvgIpc) is 2.30. The molecule has 0 heterocycles. The zero-order chi connectivity index (χ0) is 13.5. The minimum absolute atomic E-state index is 0.286. The molecule has 17 heavy (non-hydrogen) atoms. The standard InChI is InChI=1S/C9H13NO4S.C2H6/c1-7-2-4-8(5-3-7)15(13,14)10-6-9(11)12;1-2/h2-5,10,13-14H,6H2,1H3,(H,11,12);1-2H3. The molecule has 0 saturated heterocycles. The Balaban J connectivity index is 0.00000121. The molecule has 0 amide bonds. The van der Waals surface area contributed by atoms with E-state index in [9.17, 15) is 13.9 Å². The van der Waals surface area contributed by atoms with Crippen molar-refractivity contribution in [3.8, 4) is 0 Å². The van der Waals surface area contributed by atoms with Crippen LogP contribution < -0.4 is 4.72 Å². The Morgan fingerprint density at radius 3 is 2.12 bits per heavy atom. The van der Waals surface area contributed by atoms with Gasteiger partial charge in [0.25, 0.3) is 0 Å². The molecule has 1 aromatic carbocycles. The van der Waals surface area contributed by atoms with Crippen LogP contribution in [0.1, 0.15) is 19.4 Å². The molecule has 0 aliphatic rings. The SMILES string of the molecule is CC.Cc1ccc(S(O)(O)NCC(=O)O)cc1. The number of hydrogen-bond acceptors (Lipinski definition) is 4. The first-order chi connectivity index (χ1) is 7.92. The van der Waals surface area contributed by atoms with Crippen LogP contribution in [0, 0.1) is 6.92 Å². The van der Waals surface area contributed by atoms with Gasteiger partial charge in [-0.05, 0) is 19.1 Å². The van der Waals surface area contributed by atoms with E-state index in [2.05, 4.69) is 4.72 Å². The number of rotatable bonds is 4. The molecule has 0 spiro atoms. The Morgan fingerprint density at radius 2 is 1.71 bits per heavy atom. The maximum Gasteiger partial charge on any atom is 0.319 e. The lowest BCUT2D eigenvalue weighted by Crippen LogP contribution is -2.26. The highest BCUT2D eigenvalue weighted by atomic mass is 32.3. The first-order valence-electron chi connectivity index (χ1n) is 5.23. The van der Waals surface area contributed by atoms with Crippen LogP contribution in [0.3, 0.4) is 0 Å². The molecule has 0 aromatic heterocycles. The molecule has 0 aliphatic heterocycles. The van der Waals surface area contributed by atoms with Gasteiger partial charge in [-0.2, -0.15) is 0 Å². The van der Waals surface area contributed by atoms with Crippen molar-refractivity contribution in [2.24, 2.45) is 0 Å². The molecule has 0 saturated carbocycles. The van der Waals surface area contributed by atoms with Crippen LogP contribution in [-0.2, 0) is 4.79 Å². The molecule has 4 N–H and O–H groups in total. The summed E-state index contributed by atoms with van der Waals surface area (Å²) in [4.78, 5) is 10.5. The summed E-state index contributed by atoms with van der Waals surface area (Å²) < 4.78 is 21.4. The lowest BCUT2D eigenvalue weighted by atomic mass is 10.2. The quantitative estimate of drug-likeness (QED) is 0.669. The van der Waals surface area contributed by atoms with Gasteiger partial charge in [0.05, 0.1) is 4.90 Å². The Morgan fingerprint density at radius 1 is 1.24 bits per heavy atom. The molecule has 0 atom stereocenters. The van der Waals surface area contributed by atoms with E-state index in [-0.39, 0.29) is 4.90 Å². The summed E-state index contributed by atoms with van der Waals surface area (Å²) in [5.41, 5.74) is 0.993. The highest BCUT2D eigenvalue weighted by Gasteiger charge is 2.15. The number of nitrogens with one attached hydrogen (secondary N) is 1. The van der Waals surface area contributed by atoms with E-state index in [0.717, 1.165) is 5.56 Å². The van der Waals surface area contributed by atoms with Crippen LogP contribution in [0.15, 0.2) is 29.2 Å². The van der Waals surface area contributed by atoms with Crippen molar-refractivity contribution >= 4 is 16.7 Å². The van der Waals surface area contributed by atoms with Gasteiger partial charge >= 0.3 is 5.97 Å². The van der Waals surface area contributed by atoms with Gasteiger partial charge in [0, 0.05) is 0 Å². The highest BCUT2D eigenvalue weighted by molar-refractivity contribution is 8.22. The van der Waals surface area contributed by atoms with Gasteiger partial charge in [-0.15, -0.1) is 10.8 Å². The number of aryl methyl sites for hydroxylation is 1. The Hall–Kier alpha value is -1.08. The van der Waals surface area contributed by atoms with Gasteiger partial charge in [0.2, 0.25) is 0 Å². The molecule has 1 rings (SSSR count). The molecular weight excluding hydrogens is 242 g/mol. The minimum atomic E-state index is -3.20. The van der Waals surface area contributed by atoms with Gasteiger partial charge in [-0.3, -0.25) is 13.9 Å². The molecule has 1 aromatic rings. The van der Waals surface area contributed by atoms with Gasteiger partial charge in [0.15, 0.2) is 0 Å². The van der Waals surface area contributed by atoms with Crippen LogP contribution in [0.5, 0.6) is 0 Å². The largest absolute Gasteiger partial charge is 0.480 e. The first-order valence-corrected chi connectivity index (χ1v) is 6.78. The lowest BCUT2D eigenvalue weighted by molar-refractivity contribution is -0.135.